The van der Waals surface area contributed by atoms with E-state index in [0.717, 1.165) is 23.1 Å². The number of methoxy groups -OCH3 is 1. The molecule has 2 aromatic carbocycles. The molecule has 0 bridgehead atoms. The third-order valence-corrected chi connectivity index (χ3v) is 5.71. The number of aldehydes is 1. The van der Waals surface area contributed by atoms with Crippen LogP contribution in [-0.4, -0.2) is 63.5 Å². The van der Waals surface area contributed by atoms with Crippen molar-refractivity contribution in [2.24, 2.45) is 0 Å². The molecule has 1 atom stereocenters. The van der Waals surface area contributed by atoms with Gasteiger partial charge < -0.3 is 14.4 Å². The molecule has 9 heteroatoms. The SMILES string of the molecule is COc1ccc2c(C=O)c(C(=O)N3CCOC(c4cc(C)nc5ncnn45)C3)ccc2c1. The summed E-state index contributed by atoms with van der Waals surface area (Å²) >= 11 is 0. The van der Waals surface area contributed by atoms with E-state index in [1.54, 1.807) is 34.7 Å². The number of aryl methyl sites for hydroxylation is 1. The van der Waals surface area contributed by atoms with Crippen molar-refractivity contribution < 1.29 is 19.1 Å². The summed E-state index contributed by atoms with van der Waals surface area (Å²) in [7, 11) is 1.59. The molecule has 0 spiro atoms. The Morgan fingerprint density at radius 2 is 2.12 bits per heavy atom. The molecule has 1 unspecified atom stereocenters. The largest absolute Gasteiger partial charge is 0.497 e. The summed E-state index contributed by atoms with van der Waals surface area (Å²) in [4.78, 5) is 35.6. The van der Waals surface area contributed by atoms with Gasteiger partial charge in [-0.3, -0.25) is 9.59 Å². The Kier molecular flexibility index (Phi) is 5.02. The summed E-state index contributed by atoms with van der Waals surface area (Å²) in [5.41, 5.74) is 2.32. The summed E-state index contributed by atoms with van der Waals surface area (Å²) in [5.74, 6) is 0.968. The van der Waals surface area contributed by atoms with Crippen LogP contribution in [0.15, 0.2) is 42.7 Å². The van der Waals surface area contributed by atoms with Crippen LogP contribution in [0.3, 0.4) is 0 Å². The number of ether oxygens (including phenoxy) is 2. The number of hydrogen-bond acceptors (Lipinski definition) is 7. The lowest BCUT2D eigenvalue weighted by molar-refractivity contribution is -0.0257. The van der Waals surface area contributed by atoms with E-state index in [1.807, 2.05) is 25.1 Å². The van der Waals surface area contributed by atoms with Crippen LogP contribution in [-0.2, 0) is 4.74 Å². The molecule has 1 aliphatic rings. The van der Waals surface area contributed by atoms with E-state index < -0.39 is 0 Å². The van der Waals surface area contributed by atoms with Gasteiger partial charge >= 0.3 is 0 Å². The Morgan fingerprint density at radius 3 is 2.94 bits per heavy atom. The maximum absolute atomic E-state index is 13.4. The van der Waals surface area contributed by atoms with Gasteiger partial charge in [0.15, 0.2) is 6.29 Å². The topological polar surface area (TPSA) is 98.9 Å². The number of rotatable bonds is 4. The molecule has 162 valence electrons. The van der Waals surface area contributed by atoms with Crippen molar-refractivity contribution in [2.75, 3.05) is 26.8 Å². The Hall–Kier alpha value is -3.85. The van der Waals surface area contributed by atoms with Gasteiger partial charge in [-0.25, -0.2) is 4.98 Å². The van der Waals surface area contributed by atoms with E-state index in [4.69, 9.17) is 9.47 Å². The van der Waals surface area contributed by atoms with Crippen molar-refractivity contribution in [3.8, 4) is 5.75 Å². The Bertz CT molecular complexity index is 1350. The maximum atomic E-state index is 13.4. The molecule has 0 radical (unpaired) electrons. The first-order chi connectivity index (χ1) is 15.6. The van der Waals surface area contributed by atoms with Crippen molar-refractivity contribution in [3.05, 3.63) is 65.2 Å². The number of hydrogen-bond donors (Lipinski definition) is 0. The number of carbonyl (C=O) groups is 2. The molecular formula is C23H21N5O4. The average Bonchev–Trinajstić information content (AvgIpc) is 3.30. The zero-order valence-corrected chi connectivity index (χ0v) is 17.7. The smallest absolute Gasteiger partial charge is 0.254 e. The lowest BCUT2D eigenvalue weighted by atomic mass is 9.98. The molecule has 32 heavy (non-hydrogen) atoms. The van der Waals surface area contributed by atoms with Crippen LogP contribution in [0.1, 0.15) is 38.2 Å². The number of aromatic nitrogens is 4. The van der Waals surface area contributed by atoms with Crippen LogP contribution in [0.2, 0.25) is 0 Å². The Labute approximate surface area is 183 Å². The number of morpholine rings is 1. The van der Waals surface area contributed by atoms with Crippen molar-refractivity contribution >= 4 is 28.7 Å². The Balaban J connectivity index is 1.48. The van der Waals surface area contributed by atoms with Gasteiger partial charge in [-0.05, 0) is 48.0 Å². The average molecular weight is 431 g/mol. The zero-order valence-electron chi connectivity index (χ0n) is 17.7. The molecule has 0 N–H and O–H groups in total. The van der Waals surface area contributed by atoms with Gasteiger partial charge in [0, 0.05) is 17.8 Å². The normalized spacial score (nSPS) is 16.4. The number of carbonyl (C=O) groups excluding carboxylic acids is 2. The second kappa shape index (κ2) is 8.01. The van der Waals surface area contributed by atoms with Gasteiger partial charge in [-0.2, -0.15) is 14.6 Å². The number of amides is 1. The molecule has 1 amide bonds. The molecular weight excluding hydrogens is 410 g/mol. The maximum Gasteiger partial charge on any atom is 0.254 e. The lowest BCUT2D eigenvalue weighted by Crippen LogP contribution is -2.43. The van der Waals surface area contributed by atoms with E-state index in [-0.39, 0.29) is 12.0 Å². The van der Waals surface area contributed by atoms with Gasteiger partial charge in [0.1, 0.15) is 18.2 Å². The monoisotopic (exact) mass is 431 g/mol. The fourth-order valence-corrected chi connectivity index (χ4v) is 4.14. The van der Waals surface area contributed by atoms with Crippen molar-refractivity contribution in [1.29, 1.82) is 0 Å². The number of nitrogens with zero attached hydrogens (tertiary/aromatic N) is 5. The van der Waals surface area contributed by atoms with Crippen LogP contribution >= 0.6 is 0 Å². The number of fused-ring (bicyclic) bond motifs is 2. The minimum atomic E-state index is -0.386. The highest BCUT2D eigenvalue weighted by Gasteiger charge is 2.29. The molecule has 1 fully saturated rings. The quantitative estimate of drug-likeness (QED) is 0.458. The molecule has 1 aliphatic heterocycles. The zero-order chi connectivity index (χ0) is 22.2. The van der Waals surface area contributed by atoms with E-state index in [9.17, 15) is 9.59 Å². The fraction of sp³-hybridized carbons (Fsp3) is 0.261. The second-order valence-electron chi connectivity index (χ2n) is 7.64. The summed E-state index contributed by atoms with van der Waals surface area (Å²) in [5, 5.41) is 5.79. The molecule has 1 saturated heterocycles. The summed E-state index contributed by atoms with van der Waals surface area (Å²) in [6.45, 7) is 3.01. The standard InChI is InChI=1S/C23H21N5O4/c1-14-9-20(28-23(26-14)24-13-25-28)21-11-27(7-8-32-21)22(30)18-5-3-15-10-16(31-2)4-6-17(15)19(18)12-29/h3-6,9-10,12-13,21H,7-8,11H2,1-2H3. The molecule has 4 aromatic rings. The lowest BCUT2D eigenvalue weighted by Gasteiger charge is -2.33. The summed E-state index contributed by atoms with van der Waals surface area (Å²) < 4.78 is 12.9. The number of benzene rings is 2. The third-order valence-electron chi connectivity index (χ3n) is 5.71. The minimum absolute atomic E-state index is 0.210. The minimum Gasteiger partial charge on any atom is -0.497 e. The Morgan fingerprint density at radius 1 is 1.25 bits per heavy atom. The first-order valence-electron chi connectivity index (χ1n) is 10.2. The molecule has 9 nitrogen and oxygen atoms in total. The van der Waals surface area contributed by atoms with Crippen molar-refractivity contribution in [2.45, 2.75) is 13.0 Å². The fourth-order valence-electron chi connectivity index (χ4n) is 4.14. The second-order valence-corrected chi connectivity index (χ2v) is 7.64. The van der Waals surface area contributed by atoms with Crippen LogP contribution in [0.25, 0.3) is 16.6 Å². The third kappa shape index (κ3) is 3.36. The highest BCUT2D eigenvalue weighted by Crippen LogP contribution is 2.28. The van der Waals surface area contributed by atoms with Crippen molar-refractivity contribution in [1.82, 2.24) is 24.5 Å². The van der Waals surface area contributed by atoms with E-state index in [0.29, 0.717) is 47.7 Å². The van der Waals surface area contributed by atoms with Gasteiger partial charge in [-0.1, -0.05) is 6.07 Å². The highest BCUT2D eigenvalue weighted by molar-refractivity contribution is 6.10. The van der Waals surface area contributed by atoms with Crippen LogP contribution in [0, 0.1) is 6.92 Å². The van der Waals surface area contributed by atoms with Crippen LogP contribution in [0.4, 0.5) is 0 Å². The molecule has 0 saturated carbocycles. The highest BCUT2D eigenvalue weighted by atomic mass is 16.5. The molecule has 0 aliphatic carbocycles. The van der Waals surface area contributed by atoms with Crippen molar-refractivity contribution in [3.63, 3.8) is 0 Å². The van der Waals surface area contributed by atoms with E-state index in [2.05, 4.69) is 15.1 Å². The predicted octanol–water partition coefficient (Wildman–Crippen LogP) is 2.62. The molecule has 2 aromatic heterocycles. The predicted molar refractivity (Wildman–Crippen MR) is 116 cm³/mol. The van der Waals surface area contributed by atoms with Crippen LogP contribution < -0.4 is 4.74 Å². The van der Waals surface area contributed by atoms with Gasteiger partial charge in [0.25, 0.3) is 11.7 Å². The summed E-state index contributed by atoms with van der Waals surface area (Å²) in [6, 6.07) is 10.9. The summed E-state index contributed by atoms with van der Waals surface area (Å²) in [6.07, 6.45) is 1.80. The van der Waals surface area contributed by atoms with Gasteiger partial charge in [0.2, 0.25) is 0 Å². The first kappa shape index (κ1) is 20.1. The van der Waals surface area contributed by atoms with Gasteiger partial charge in [-0.15, -0.1) is 0 Å². The first-order valence-corrected chi connectivity index (χ1v) is 10.2. The van der Waals surface area contributed by atoms with E-state index in [1.165, 1.54) is 6.33 Å². The van der Waals surface area contributed by atoms with Gasteiger partial charge in [0.05, 0.1) is 31.5 Å². The molecule has 5 rings (SSSR count). The van der Waals surface area contributed by atoms with E-state index >= 15 is 0 Å². The van der Waals surface area contributed by atoms with Crippen LogP contribution in [0.5, 0.6) is 5.75 Å². The molecule has 3 heterocycles.